The molecule has 150 valence electrons. The molecule has 1 aromatic carbocycles. The highest BCUT2D eigenvalue weighted by atomic mass is 32.2. The summed E-state index contributed by atoms with van der Waals surface area (Å²) in [5.41, 5.74) is 2.01. The van der Waals surface area contributed by atoms with Crippen molar-refractivity contribution in [2.45, 2.75) is 62.9 Å². The topological polar surface area (TPSA) is 63.1 Å². The van der Waals surface area contributed by atoms with Crippen molar-refractivity contribution in [3.63, 3.8) is 0 Å². The SMILES string of the molecule is Cc1ccc(NC(=O)C(C)Sc2nnc(N3CCC(C)CC3)n2C2CC2)cc1. The van der Waals surface area contributed by atoms with E-state index in [9.17, 15) is 4.79 Å². The fraction of sp³-hybridized carbons (Fsp3) is 0.571. The van der Waals surface area contributed by atoms with E-state index in [4.69, 9.17) is 0 Å². The number of hydrogen-bond acceptors (Lipinski definition) is 5. The normalized spacial score (nSPS) is 18.9. The summed E-state index contributed by atoms with van der Waals surface area (Å²) in [5, 5.41) is 12.6. The molecule has 2 aromatic rings. The first-order valence-electron chi connectivity index (χ1n) is 10.3. The Morgan fingerprint density at radius 2 is 1.82 bits per heavy atom. The number of benzene rings is 1. The van der Waals surface area contributed by atoms with Gasteiger partial charge in [-0.1, -0.05) is 36.4 Å². The summed E-state index contributed by atoms with van der Waals surface area (Å²) in [4.78, 5) is 15.0. The Bertz CT molecular complexity index is 822. The zero-order valence-corrected chi connectivity index (χ0v) is 17.7. The van der Waals surface area contributed by atoms with E-state index in [2.05, 4.69) is 31.9 Å². The smallest absolute Gasteiger partial charge is 0.237 e. The zero-order valence-electron chi connectivity index (χ0n) is 16.9. The lowest BCUT2D eigenvalue weighted by atomic mass is 10.00. The molecule has 0 bridgehead atoms. The number of nitrogens with one attached hydrogen (secondary N) is 1. The predicted molar refractivity (Wildman–Crippen MR) is 114 cm³/mol. The number of thioether (sulfide) groups is 1. The fourth-order valence-electron chi connectivity index (χ4n) is 3.52. The molecule has 2 heterocycles. The van der Waals surface area contributed by atoms with Gasteiger partial charge in [-0.3, -0.25) is 9.36 Å². The van der Waals surface area contributed by atoms with Gasteiger partial charge in [0.25, 0.3) is 0 Å². The van der Waals surface area contributed by atoms with E-state index >= 15 is 0 Å². The van der Waals surface area contributed by atoms with E-state index in [1.807, 2.05) is 38.1 Å². The van der Waals surface area contributed by atoms with Crippen LogP contribution in [-0.4, -0.2) is 39.0 Å². The largest absolute Gasteiger partial charge is 0.341 e. The second-order valence-corrected chi connectivity index (χ2v) is 9.48. The van der Waals surface area contributed by atoms with Gasteiger partial charge in [0.1, 0.15) is 0 Å². The van der Waals surface area contributed by atoms with E-state index in [1.165, 1.54) is 43.0 Å². The molecule has 1 aliphatic heterocycles. The van der Waals surface area contributed by atoms with Crippen LogP contribution in [-0.2, 0) is 4.79 Å². The average molecular weight is 400 g/mol. The van der Waals surface area contributed by atoms with Crippen molar-refractivity contribution in [3.8, 4) is 0 Å². The summed E-state index contributed by atoms with van der Waals surface area (Å²) in [6.07, 6.45) is 4.75. The van der Waals surface area contributed by atoms with Gasteiger partial charge >= 0.3 is 0 Å². The minimum absolute atomic E-state index is 0.00690. The number of rotatable bonds is 6. The minimum atomic E-state index is -0.239. The predicted octanol–water partition coefficient (Wildman–Crippen LogP) is 4.28. The van der Waals surface area contributed by atoms with Crippen LogP contribution in [0.15, 0.2) is 29.4 Å². The molecule has 1 N–H and O–H groups in total. The highest BCUT2D eigenvalue weighted by molar-refractivity contribution is 8.00. The molecule has 0 spiro atoms. The number of nitrogens with zero attached hydrogens (tertiary/aromatic N) is 4. The number of piperidine rings is 1. The van der Waals surface area contributed by atoms with Gasteiger partial charge < -0.3 is 10.2 Å². The van der Waals surface area contributed by atoms with Gasteiger partial charge in [0, 0.05) is 24.8 Å². The molecule has 2 aliphatic rings. The van der Waals surface area contributed by atoms with Crippen LogP contribution in [0, 0.1) is 12.8 Å². The van der Waals surface area contributed by atoms with Crippen molar-refractivity contribution in [1.82, 2.24) is 14.8 Å². The quantitative estimate of drug-likeness (QED) is 0.735. The van der Waals surface area contributed by atoms with Gasteiger partial charge in [-0.25, -0.2) is 0 Å². The Morgan fingerprint density at radius 1 is 1.14 bits per heavy atom. The number of hydrogen-bond donors (Lipinski definition) is 1. The van der Waals surface area contributed by atoms with Crippen molar-refractivity contribution in [1.29, 1.82) is 0 Å². The van der Waals surface area contributed by atoms with Gasteiger partial charge in [-0.05, 0) is 57.6 Å². The molecule has 1 amide bonds. The number of carbonyl (C=O) groups excluding carboxylic acids is 1. The molecule has 1 aromatic heterocycles. The van der Waals surface area contributed by atoms with Crippen LogP contribution in [0.1, 0.15) is 51.1 Å². The van der Waals surface area contributed by atoms with Gasteiger partial charge in [0.05, 0.1) is 5.25 Å². The Morgan fingerprint density at radius 3 is 2.46 bits per heavy atom. The Kier molecular flexibility index (Phi) is 5.62. The van der Waals surface area contributed by atoms with Crippen LogP contribution in [0.3, 0.4) is 0 Å². The molecule has 1 unspecified atom stereocenters. The third-order valence-corrected chi connectivity index (χ3v) is 6.65. The third-order valence-electron chi connectivity index (χ3n) is 5.60. The first-order valence-corrected chi connectivity index (χ1v) is 11.1. The van der Waals surface area contributed by atoms with E-state index < -0.39 is 0 Å². The minimum Gasteiger partial charge on any atom is -0.341 e. The molecule has 2 fully saturated rings. The monoisotopic (exact) mass is 399 g/mol. The number of amides is 1. The van der Waals surface area contributed by atoms with E-state index in [-0.39, 0.29) is 11.2 Å². The molecule has 6 nitrogen and oxygen atoms in total. The molecule has 4 rings (SSSR count). The van der Waals surface area contributed by atoms with Crippen molar-refractivity contribution in [3.05, 3.63) is 29.8 Å². The summed E-state index contributed by atoms with van der Waals surface area (Å²) in [5.74, 6) is 1.77. The van der Waals surface area contributed by atoms with Crippen LogP contribution in [0.25, 0.3) is 0 Å². The maximum absolute atomic E-state index is 12.6. The highest BCUT2D eigenvalue weighted by Crippen LogP contribution is 2.42. The molecular weight excluding hydrogens is 370 g/mol. The highest BCUT2D eigenvalue weighted by Gasteiger charge is 2.33. The summed E-state index contributed by atoms with van der Waals surface area (Å²) >= 11 is 1.51. The molecule has 1 saturated heterocycles. The average Bonchev–Trinajstić information content (AvgIpc) is 3.44. The number of aromatic nitrogens is 3. The standard InChI is InChI=1S/C21H29N5OS/c1-14-4-6-17(7-5-14)22-19(27)16(3)28-21-24-23-20(26(21)18-8-9-18)25-12-10-15(2)11-13-25/h4-7,15-16,18H,8-13H2,1-3H3,(H,22,27). The second kappa shape index (κ2) is 8.15. The van der Waals surface area contributed by atoms with E-state index in [1.54, 1.807) is 0 Å². The maximum atomic E-state index is 12.6. The Hall–Kier alpha value is -2.02. The number of anilines is 2. The molecular formula is C21H29N5OS. The molecule has 1 atom stereocenters. The van der Waals surface area contributed by atoms with Crippen LogP contribution < -0.4 is 10.2 Å². The fourth-order valence-corrected chi connectivity index (χ4v) is 4.43. The lowest BCUT2D eigenvalue weighted by Gasteiger charge is -2.31. The van der Waals surface area contributed by atoms with Crippen LogP contribution in [0.5, 0.6) is 0 Å². The molecule has 28 heavy (non-hydrogen) atoms. The third kappa shape index (κ3) is 4.35. The van der Waals surface area contributed by atoms with Crippen LogP contribution in [0.4, 0.5) is 11.6 Å². The number of aryl methyl sites for hydroxylation is 1. The molecule has 0 radical (unpaired) electrons. The Balaban J connectivity index is 1.45. The van der Waals surface area contributed by atoms with Crippen molar-refractivity contribution < 1.29 is 4.79 Å². The molecule has 1 saturated carbocycles. The lowest BCUT2D eigenvalue weighted by molar-refractivity contribution is -0.115. The molecule has 7 heteroatoms. The molecule has 1 aliphatic carbocycles. The van der Waals surface area contributed by atoms with E-state index in [0.717, 1.165) is 35.8 Å². The summed E-state index contributed by atoms with van der Waals surface area (Å²) in [6.45, 7) is 8.37. The van der Waals surface area contributed by atoms with Crippen LogP contribution in [0.2, 0.25) is 0 Å². The first kappa shape index (κ1) is 19.3. The summed E-state index contributed by atoms with van der Waals surface area (Å²) in [6, 6.07) is 8.37. The van der Waals surface area contributed by atoms with Gasteiger partial charge in [-0.2, -0.15) is 0 Å². The lowest BCUT2D eigenvalue weighted by Crippen LogP contribution is -2.34. The van der Waals surface area contributed by atoms with Crippen LogP contribution >= 0.6 is 11.8 Å². The zero-order chi connectivity index (χ0) is 19.7. The van der Waals surface area contributed by atoms with Crippen molar-refractivity contribution in [2.24, 2.45) is 5.92 Å². The van der Waals surface area contributed by atoms with Gasteiger partial charge in [-0.15, -0.1) is 10.2 Å². The second-order valence-electron chi connectivity index (χ2n) is 8.17. The van der Waals surface area contributed by atoms with Crippen molar-refractivity contribution >= 4 is 29.3 Å². The van der Waals surface area contributed by atoms with Gasteiger partial charge in [0.2, 0.25) is 11.9 Å². The maximum Gasteiger partial charge on any atom is 0.237 e. The van der Waals surface area contributed by atoms with E-state index in [0.29, 0.717) is 6.04 Å². The summed E-state index contributed by atoms with van der Waals surface area (Å²) in [7, 11) is 0. The summed E-state index contributed by atoms with van der Waals surface area (Å²) < 4.78 is 2.27. The Labute approximate surface area is 171 Å². The first-order chi connectivity index (χ1) is 13.5. The number of carbonyl (C=O) groups is 1. The van der Waals surface area contributed by atoms with Crippen molar-refractivity contribution in [2.75, 3.05) is 23.3 Å². The van der Waals surface area contributed by atoms with Gasteiger partial charge in [0.15, 0.2) is 5.16 Å².